The Hall–Kier alpha value is -2.48. The maximum absolute atomic E-state index is 12.2. The highest BCUT2D eigenvalue weighted by atomic mass is 16.5. The summed E-state index contributed by atoms with van der Waals surface area (Å²) in [5, 5.41) is 19.0. The normalized spacial score (nSPS) is 23.3. The third kappa shape index (κ3) is 2.96. The molecule has 24 heavy (non-hydrogen) atoms. The second-order valence-electron chi connectivity index (χ2n) is 5.65. The predicted octanol–water partition coefficient (Wildman–Crippen LogP) is 0.487. The molecule has 2 heterocycles. The zero-order valence-electron chi connectivity index (χ0n) is 12.9. The number of aromatic nitrogens is 2. The lowest BCUT2D eigenvalue weighted by Crippen LogP contribution is -2.33. The van der Waals surface area contributed by atoms with Crippen molar-refractivity contribution >= 4 is 6.08 Å². The molecule has 0 spiro atoms. The van der Waals surface area contributed by atoms with Crippen LogP contribution in [0.15, 0.2) is 46.6 Å². The highest BCUT2D eigenvalue weighted by Gasteiger charge is 2.35. The van der Waals surface area contributed by atoms with E-state index < -0.39 is 29.7 Å². The molecule has 1 aliphatic rings. The zero-order chi connectivity index (χ0) is 17.3. The fraction of sp³-hybridized carbons (Fsp3) is 0.294. The number of nitrogens with one attached hydrogen (secondary N) is 1. The molecule has 0 amide bonds. The molecule has 0 bridgehead atoms. The Morgan fingerprint density at radius 1 is 1.42 bits per heavy atom. The van der Waals surface area contributed by atoms with Crippen LogP contribution in [0.5, 0.6) is 0 Å². The second kappa shape index (κ2) is 6.56. The number of aliphatic hydroxyl groups is 2. The summed E-state index contributed by atoms with van der Waals surface area (Å²) in [4.78, 5) is 26.5. The van der Waals surface area contributed by atoms with Gasteiger partial charge in [-0.1, -0.05) is 30.9 Å². The molecule has 1 aromatic carbocycles. The number of benzene rings is 1. The summed E-state index contributed by atoms with van der Waals surface area (Å²) < 4.78 is 6.72. The first-order valence-corrected chi connectivity index (χ1v) is 7.56. The SMILES string of the molecule is C=Cc1cccc(-c2cn([C@H]3C[C@H](O)[C@@H](CO)O3)c(=O)[nH]c2=O)c1. The van der Waals surface area contributed by atoms with Gasteiger partial charge in [0.2, 0.25) is 0 Å². The van der Waals surface area contributed by atoms with Crippen LogP contribution in [0.25, 0.3) is 17.2 Å². The smallest absolute Gasteiger partial charge is 0.330 e. The Balaban J connectivity index is 2.05. The molecule has 0 aliphatic carbocycles. The highest BCUT2D eigenvalue weighted by molar-refractivity contribution is 5.65. The van der Waals surface area contributed by atoms with Gasteiger partial charge in [0.25, 0.3) is 5.56 Å². The third-order valence-electron chi connectivity index (χ3n) is 4.10. The van der Waals surface area contributed by atoms with Crippen LogP contribution >= 0.6 is 0 Å². The molecule has 3 atom stereocenters. The number of nitrogens with zero attached hydrogens (tertiary/aromatic N) is 1. The molecule has 1 saturated heterocycles. The summed E-state index contributed by atoms with van der Waals surface area (Å²) in [6, 6.07) is 7.18. The van der Waals surface area contributed by atoms with Crippen molar-refractivity contribution in [3.63, 3.8) is 0 Å². The van der Waals surface area contributed by atoms with E-state index >= 15 is 0 Å². The molecule has 0 saturated carbocycles. The summed E-state index contributed by atoms with van der Waals surface area (Å²) in [6.45, 7) is 3.35. The van der Waals surface area contributed by atoms with Crippen LogP contribution in [0.1, 0.15) is 18.2 Å². The van der Waals surface area contributed by atoms with Crippen molar-refractivity contribution in [1.29, 1.82) is 0 Å². The predicted molar refractivity (Wildman–Crippen MR) is 88.5 cm³/mol. The highest BCUT2D eigenvalue weighted by Crippen LogP contribution is 2.28. The fourth-order valence-electron chi connectivity index (χ4n) is 2.79. The van der Waals surface area contributed by atoms with Crippen LogP contribution in [-0.4, -0.2) is 38.6 Å². The Morgan fingerprint density at radius 3 is 2.88 bits per heavy atom. The molecule has 3 rings (SSSR count). The molecule has 1 fully saturated rings. The summed E-state index contributed by atoms with van der Waals surface area (Å²) >= 11 is 0. The topological polar surface area (TPSA) is 105 Å². The van der Waals surface area contributed by atoms with E-state index in [1.54, 1.807) is 24.3 Å². The standard InChI is InChI=1S/C17H18N2O5/c1-2-10-4-3-5-11(6-10)12-8-19(17(23)18-16(12)22)15-7-13(21)14(9-20)24-15/h2-6,8,13-15,20-21H,1,7,9H2,(H,18,22,23)/t13-,14+,15+/m0/s1. The summed E-state index contributed by atoms with van der Waals surface area (Å²) in [5.41, 5.74) is 0.662. The van der Waals surface area contributed by atoms with Crippen LogP contribution < -0.4 is 11.2 Å². The third-order valence-corrected chi connectivity index (χ3v) is 4.10. The van der Waals surface area contributed by atoms with Gasteiger partial charge < -0.3 is 14.9 Å². The van der Waals surface area contributed by atoms with Crippen molar-refractivity contribution in [2.24, 2.45) is 0 Å². The number of rotatable bonds is 4. The van der Waals surface area contributed by atoms with E-state index in [0.717, 1.165) is 5.56 Å². The van der Waals surface area contributed by atoms with E-state index in [1.165, 1.54) is 10.8 Å². The molecule has 3 N–H and O–H groups in total. The number of hydrogen-bond acceptors (Lipinski definition) is 5. The number of aliphatic hydroxyl groups excluding tert-OH is 2. The minimum atomic E-state index is -0.869. The van der Waals surface area contributed by atoms with Gasteiger partial charge in [0, 0.05) is 12.6 Å². The van der Waals surface area contributed by atoms with Crippen molar-refractivity contribution in [3.8, 4) is 11.1 Å². The van der Waals surface area contributed by atoms with Crippen molar-refractivity contribution in [1.82, 2.24) is 9.55 Å². The van der Waals surface area contributed by atoms with Gasteiger partial charge in [-0.2, -0.15) is 0 Å². The average molecular weight is 330 g/mol. The van der Waals surface area contributed by atoms with Gasteiger partial charge in [0.1, 0.15) is 12.3 Å². The lowest BCUT2D eigenvalue weighted by atomic mass is 10.1. The Bertz CT molecular complexity index is 870. The van der Waals surface area contributed by atoms with Gasteiger partial charge in [-0.15, -0.1) is 0 Å². The van der Waals surface area contributed by atoms with Crippen LogP contribution in [0.3, 0.4) is 0 Å². The van der Waals surface area contributed by atoms with E-state index in [4.69, 9.17) is 9.84 Å². The summed E-state index contributed by atoms with van der Waals surface area (Å²) in [7, 11) is 0. The van der Waals surface area contributed by atoms with Gasteiger partial charge in [-0.05, 0) is 17.2 Å². The van der Waals surface area contributed by atoms with Gasteiger partial charge >= 0.3 is 5.69 Å². The largest absolute Gasteiger partial charge is 0.394 e. The van der Waals surface area contributed by atoms with E-state index in [0.29, 0.717) is 11.1 Å². The Morgan fingerprint density at radius 2 is 2.21 bits per heavy atom. The molecule has 0 unspecified atom stereocenters. The molecule has 7 nitrogen and oxygen atoms in total. The molecular formula is C17H18N2O5. The number of H-pyrrole nitrogens is 1. The fourth-order valence-corrected chi connectivity index (χ4v) is 2.79. The first-order valence-electron chi connectivity index (χ1n) is 7.56. The first-order chi connectivity index (χ1) is 11.5. The average Bonchev–Trinajstić information content (AvgIpc) is 2.95. The number of hydrogen-bond donors (Lipinski definition) is 3. The minimum Gasteiger partial charge on any atom is -0.394 e. The molecule has 126 valence electrons. The molecular weight excluding hydrogens is 312 g/mol. The lowest BCUT2D eigenvalue weighted by molar-refractivity contribution is -0.0458. The van der Waals surface area contributed by atoms with Crippen LogP contribution in [-0.2, 0) is 4.74 Å². The molecule has 1 aliphatic heterocycles. The second-order valence-corrected chi connectivity index (χ2v) is 5.65. The number of ether oxygens (including phenoxy) is 1. The molecule has 1 aromatic heterocycles. The maximum atomic E-state index is 12.2. The van der Waals surface area contributed by atoms with Crippen molar-refractivity contribution in [3.05, 3.63) is 63.4 Å². The van der Waals surface area contributed by atoms with Crippen molar-refractivity contribution in [2.45, 2.75) is 24.9 Å². The lowest BCUT2D eigenvalue weighted by Gasteiger charge is -2.15. The van der Waals surface area contributed by atoms with E-state index in [-0.39, 0.29) is 13.0 Å². The van der Waals surface area contributed by atoms with Gasteiger partial charge in [0.05, 0.1) is 18.3 Å². The van der Waals surface area contributed by atoms with Gasteiger partial charge in [-0.25, -0.2) is 4.79 Å². The van der Waals surface area contributed by atoms with Gasteiger partial charge in [-0.3, -0.25) is 14.3 Å². The molecule has 0 radical (unpaired) electrons. The van der Waals surface area contributed by atoms with Crippen molar-refractivity contribution in [2.75, 3.05) is 6.61 Å². The Labute approximate surface area is 137 Å². The van der Waals surface area contributed by atoms with Crippen LogP contribution in [0.4, 0.5) is 0 Å². The maximum Gasteiger partial charge on any atom is 0.330 e. The van der Waals surface area contributed by atoms with E-state index in [2.05, 4.69) is 11.6 Å². The van der Waals surface area contributed by atoms with E-state index in [1.807, 2.05) is 6.07 Å². The zero-order valence-corrected chi connectivity index (χ0v) is 12.9. The molecule has 2 aromatic rings. The Kier molecular flexibility index (Phi) is 4.48. The first kappa shape index (κ1) is 16.4. The monoisotopic (exact) mass is 330 g/mol. The summed E-state index contributed by atoms with van der Waals surface area (Å²) in [5.74, 6) is 0. The van der Waals surface area contributed by atoms with Gasteiger partial charge in [0.15, 0.2) is 0 Å². The minimum absolute atomic E-state index is 0.156. The van der Waals surface area contributed by atoms with E-state index in [9.17, 15) is 14.7 Å². The quantitative estimate of drug-likeness (QED) is 0.757. The van der Waals surface area contributed by atoms with Crippen LogP contribution in [0, 0.1) is 0 Å². The van der Waals surface area contributed by atoms with Crippen LogP contribution in [0.2, 0.25) is 0 Å². The summed E-state index contributed by atoms with van der Waals surface area (Å²) in [6.07, 6.45) is 0.871. The molecule has 7 heteroatoms. The number of aromatic amines is 1. The van der Waals surface area contributed by atoms with Crippen molar-refractivity contribution < 1.29 is 14.9 Å².